The van der Waals surface area contributed by atoms with Gasteiger partial charge in [-0.15, -0.1) is 0 Å². The first-order valence-corrected chi connectivity index (χ1v) is 7.45. The third kappa shape index (κ3) is 3.62. The molecule has 0 radical (unpaired) electrons. The Bertz CT molecular complexity index is 736. The van der Waals surface area contributed by atoms with Crippen LogP contribution in [-0.4, -0.2) is 18.5 Å². The van der Waals surface area contributed by atoms with E-state index < -0.39 is 5.97 Å². The number of carbonyl (C=O) groups is 1. The van der Waals surface area contributed by atoms with Gasteiger partial charge in [0, 0.05) is 4.47 Å². The van der Waals surface area contributed by atoms with Gasteiger partial charge in [0.2, 0.25) is 5.90 Å². The Kier molecular flexibility index (Phi) is 4.34. The molecule has 0 saturated carbocycles. The van der Waals surface area contributed by atoms with E-state index in [1.165, 1.54) is 0 Å². The molecule has 5 heteroatoms. The molecular weight excluding hydrogens is 346 g/mol. The second kappa shape index (κ2) is 6.58. The number of esters is 1. The number of carbonyl (C=O) groups excluding carboxylic acids is 1. The van der Waals surface area contributed by atoms with Gasteiger partial charge < -0.3 is 9.47 Å². The molecule has 4 nitrogen and oxygen atoms in total. The quantitative estimate of drug-likeness (QED) is 0.617. The van der Waals surface area contributed by atoms with Crippen LogP contribution < -0.4 is 4.74 Å². The lowest BCUT2D eigenvalue weighted by Gasteiger charge is -2.03. The monoisotopic (exact) mass is 357 g/mol. The Balaban J connectivity index is 1.70. The van der Waals surface area contributed by atoms with Gasteiger partial charge in [-0.05, 0) is 35.9 Å². The highest BCUT2D eigenvalue weighted by Crippen LogP contribution is 2.18. The fourth-order valence-electron chi connectivity index (χ4n) is 1.89. The summed E-state index contributed by atoms with van der Waals surface area (Å²) in [5.74, 6) is 0.499. The van der Waals surface area contributed by atoms with Crippen molar-refractivity contribution in [3.8, 4) is 5.75 Å². The van der Waals surface area contributed by atoms with E-state index in [0.29, 0.717) is 5.75 Å². The largest absolute Gasteiger partial charge is 0.484 e. The smallest absolute Gasteiger partial charge is 0.363 e. The van der Waals surface area contributed by atoms with E-state index >= 15 is 0 Å². The average molecular weight is 358 g/mol. The first kappa shape index (κ1) is 14.5. The summed E-state index contributed by atoms with van der Waals surface area (Å²) in [6.07, 6.45) is 1.68. The number of halogens is 1. The van der Waals surface area contributed by atoms with Crippen LogP contribution in [0.3, 0.4) is 0 Å². The zero-order valence-electron chi connectivity index (χ0n) is 11.5. The topological polar surface area (TPSA) is 47.9 Å². The first-order chi connectivity index (χ1) is 10.7. The molecule has 0 N–H and O–H groups in total. The normalized spacial score (nSPS) is 15.6. The van der Waals surface area contributed by atoms with Gasteiger partial charge in [-0.25, -0.2) is 9.79 Å². The minimum absolute atomic E-state index is 0.118. The predicted molar refractivity (Wildman–Crippen MR) is 87.6 cm³/mol. The van der Waals surface area contributed by atoms with Crippen molar-refractivity contribution < 1.29 is 14.3 Å². The summed E-state index contributed by atoms with van der Waals surface area (Å²) in [6, 6.07) is 16.9. The molecule has 1 aliphatic rings. The van der Waals surface area contributed by atoms with E-state index in [-0.39, 0.29) is 18.2 Å². The van der Waals surface area contributed by atoms with Crippen molar-refractivity contribution in [2.24, 2.45) is 4.99 Å². The number of ether oxygens (including phenoxy) is 2. The Hall–Kier alpha value is -2.40. The molecule has 0 aliphatic carbocycles. The van der Waals surface area contributed by atoms with Crippen LogP contribution in [-0.2, 0) is 9.53 Å². The van der Waals surface area contributed by atoms with Crippen molar-refractivity contribution in [2.75, 3.05) is 6.61 Å². The van der Waals surface area contributed by atoms with Crippen LogP contribution in [0.25, 0.3) is 6.08 Å². The zero-order valence-corrected chi connectivity index (χ0v) is 13.1. The SMILES string of the molecule is O=C1OC(COc2ccccc2)=N/C1=C/c1ccc(Br)cc1. The Labute approximate surface area is 136 Å². The molecule has 0 fully saturated rings. The lowest BCUT2D eigenvalue weighted by Crippen LogP contribution is -2.13. The first-order valence-electron chi connectivity index (χ1n) is 6.65. The van der Waals surface area contributed by atoms with Gasteiger partial charge >= 0.3 is 5.97 Å². The highest BCUT2D eigenvalue weighted by Gasteiger charge is 2.23. The second-order valence-corrected chi connectivity index (χ2v) is 5.49. The molecule has 0 atom stereocenters. The molecule has 0 aromatic heterocycles. The zero-order chi connectivity index (χ0) is 15.4. The summed E-state index contributed by atoms with van der Waals surface area (Å²) in [7, 11) is 0. The summed E-state index contributed by atoms with van der Waals surface area (Å²) in [6.45, 7) is 0.118. The number of para-hydroxylation sites is 1. The van der Waals surface area contributed by atoms with E-state index in [1.807, 2.05) is 54.6 Å². The summed E-state index contributed by atoms with van der Waals surface area (Å²) >= 11 is 3.37. The molecule has 3 rings (SSSR count). The molecule has 1 heterocycles. The number of rotatable bonds is 4. The Morgan fingerprint density at radius 1 is 1.09 bits per heavy atom. The van der Waals surface area contributed by atoms with E-state index in [1.54, 1.807) is 6.08 Å². The van der Waals surface area contributed by atoms with Crippen LogP contribution in [0.2, 0.25) is 0 Å². The minimum Gasteiger partial charge on any atom is -0.484 e. The van der Waals surface area contributed by atoms with Crippen LogP contribution in [0.5, 0.6) is 5.75 Å². The van der Waals surface area contributed by atoms with Crippen molar-refractivity contribution in [3.05, 3.63) is 70.3 Å². The summed E-state index contributed by atoms with van der Waals surface area (Å²) in [4.78, 5) is 16.0. The molecule has 0 unspecified atom stereocenters. The third-order valence-electron chi connectivity index (χ3n) is 2.94. The van der Waals surface area contributed by atoms with Crippen LogP contribution in [0.15, 0.2) is 69.8 Å². The third-order valence-corrected chi connectivity index (χ3v) is 3.47. The molecule has 0 amide bonds. The van der Waals surface area contributed by atoms with Crippen LogP contribution in [0.4, 0.5) is 0 Å². The summed E-state index contributed by atoms with van der Waals surface area (Å²) in [5, 5.41) is 0. The number of benzene rings is 2. The average Bonchev–Trinajstić information content (AvgIpc) is 2.89. The van der Waals surface area contributed by atoms with Gasteiger partial charge in [0.05, 0.1) is 0 Å². The molecule has 110 valence electrons. The maximum Gasteiger partial charge on any atom is 0.363 e. The van der Waals surface area contributed by atoms with Crippen molar-refractivity contribution in [1.29, 1.82) is 0 Å². The molecule has 2 aromatic carbocycles. The Morgan fingerprint density at radius 3 is 2.55 bits per heavy atom. The minimum atomic E-state index is -0.463. The van der Waals surface area contributed by atoms with Gasteiger partial charge in [-0.3, -0.25) is 0 Å². The number of aliphatic imine (C=N–C) groups is 1. The maximum absolute atomic E-state index is 11.8. The van der Waals surface area contributed by atoms with Crippen molar-refractivity contribution in [2.45, 2.75) is 0 Å². The lowest BCUT2D eigenvalue weighted by molar-refractivity contribution is -0.130. The molecule has 0 spiro atoms. The molecule has 22 heavy (non-hydrogen) atoms. The lowest BCUT2D eigenvalue weighted by atomic mass is 10.2. The second-order valence-electron chi connectivity index (χ2n) is 4.58. The standard InChI is InChI=1S/C17H12BrNO3/c18-13-8-6-12(7-9-13)10-15-17(20)22-16(19-15)11-21-14-4-2-1-3-5-14/h1-10H,11H2/b15-10+. The van der Waals surface area contributed by atoms with Crippen molar-refractivity contribution in [3.63, 3.8) is 0 Å². The summed E-state index contributed by atoms with van der Waals surface area (Å²) in [5.41, 5.74) is 1.15. The predicted octanol–water partition coefficient (Wildman–Crippen LogP) is 3.82. The molecule has 2 aromatic rings. The van der Waals surface area contributed by atoms with E-state index in [0.717, 1.165) is 10.0 Å². The van der Waals surface area contributed by atoms with Gasteiger partial charge in [-0.1, -0.05) is 46.3 Å². The van der Waals surface area contributed by atoms with E-state index in [2.05, 4.69) is 20.9 Å². The highest BCUT2D eigenvalue weighted by atomic mass is 79.9. The fraction of sp³-hybridized carbons (Fsp3) is 0.0588. The van der Waals surface area contributed by atoms with Gasteiger partial charge in [0.25, 0.3) is 0 Å². The number of cyclic esters (lactones) is 1. The fourth-order valence-corrected chi connectivity index (χ4v) is 2.16. The molecule has 1 aliphatic heterocycles. The number of hydrogen-bond acceptors (Lipinski definition) is 4. The van der Waals surface area contributed by atoms with Crippen molar-refractivity contribution in [1.82, 2.24) is 0 Å². The number of nitrogens with zero attached hydrogens (tertiary/aromatic N) is 1. The van der Waals surface area contributed by atoms with Crippen LogP contribution in [0, 0.1) is 0 Å². The number of hydrogen-bond donors (Lipinski definition) is 0. The van der Waals surface area contributed by atoms with Gasteiger partial charge in [-0.2, -0.15) is 0 Å². The molecule has 0 bridgehead atoms. The van der Waals surface area contributed by atoms with Crippen LogP contribution in [0.1, 0.15) is 5.56 Å². The van der Waals surface area contributed by atoms with Crippen LogP contribution >= 0.6 is 15.9 Å². The van der Waals surface area contributed by atoms with E-state index in [9.17, 15) is 4.79 Å². The molecule has 0 saturated heterocycles. The maximum atomic E-state index is 11.8. The van der Waals surface area contributed by atoms with E-state index in [4.69, 9.17) is 9.47 Å². The highest BCUT2D eigenvalue weighted by molar-refractivity contribution is 9.10. The Morgan fingerprint density at radius 2 is 1.82 bits per heavy atom. The molecular formula is C17H12BrNO3. The summed E-state index contributed by atoms with van der Waals surface area (Å²) < 4.78 is 11.6. The van der Waals surface area contributed by atoms with Crippen molar-refractivity contribution >= 4 is 33.9 Å². The van der Waals surface area contributed by atoms with Gasteiger partial charge in [0.15, 0.2) is 12.3 Å². The van der Waals surface area contributed by atoms with Gasteiger partial charge in [0.1, 0.15) is 5.75 Å².